The Morgan fingerprint density at radius 3 is 2.22 bits per heavy atom. The predicted octanol–water partition coefficient (Wildman–Crippen LogP) is 3.05. The minimum atomic E-state index is -0.557. The van der Waals surface area contributed by atoms with E-state index in [-0.39, 0.29) is 34.1 Å². The number of nitrogens with zero attached hydrogens (tertiary/aromatic N) is 1. The second kappa shape index (κ2) is 6.25. The number of fused-ring (bicyclic) bond motifs is 2. The van der Waals surface area contributed by atoms with Crippen LogP contribution >= 0.6 is 0 Å². The third kappa shape index (κ3) is 2.38. The fraction of sp³-hybridized carbons (Fsp3) is 0.0952. The number of allylic oxidation sites excluding steroid dienone is 2. The lowest BCUT2D eigenvalue weighted by atomic mass is 9.88. The zero-order chi connectivity index (χ0) is 19.1. The first-order chi connectivity index (χ1) is 13.1. The van der Waals surface area contributed by atoms with Crippen molar-refractivity contribution in [3.63, 3.8) is 0 Å². The van der Waals surface area contributed by atoms with Crippen molar-refractivity contribution in [1.82, 2.24) is 4.40 Å². The normalized spacial score (nSPS) is 13.7. The molecule has 0 unspecified atom stereocenters. The zero-order valence-corrected chi connectivity index (χ0v) is 14.7. The number of ketones is 3. The number of ether oxygens (including phenoxy) is 2. The maximum Gasteiger partial charge on any atom is 0.234 e. The molecule has 0 N–H and O–H groups in total. The van der Waals surface area contributed by atoms with E-state index in [4.69, 9.17) is 9.47 Å². The van der Waals surface area contributed by atoms with Gasteiger partial charge in [-0.05, 0) is 18.2 Å². The Bertz CT molecular complexity index is 1140. The van der Waals surface area contributed by atoms with Crippen molar-refractivity contribution < 1.29 is 23.9 Å². The van der Waals surface area contributed by atoms with Gasteiger partial charge in [0.1, 0.15) is 5.69 Å². The van der Waals surface area contributed by atoms with Crippen molar-refractivity contribution >= 4 is 22.9 Å². The van der Waals surface area contributed by atoms with Crippen LogP contribution in [0, 0.1) is 0 Å². The van der Waals surface area contributed by atoms with Crippen LogP contribution in [0.15, 0.2) is 66.2 Å². The van der Waals surface area contributed by atoms with Crippen molar-refractivity contribution in [2.24, 2.45) is 0 Å². The molecule has 0 radical (unpaired) electrons. The summed E-state index contributed by atoms with van der Waals surface area (Å²) in [6.07, 6.45) is 1.69. The van der Waals surface area contributed by atoms with Crippen molar-refractivity contribution in [3.05, 3.63) is 88.6 Å². The fourth-order valence-corrected chi connectivity index (χ4v) is 3.35. The predicted molar refractivity (Wildman–Crippen MR) is 97.0 cm³/mol. The van der Waals surface area contributed by atoms with E-state index in [2.05, 4.69) is 0 Å². The molecule has 1 aliphatic carbocycles. The van der Waals surface area contributed by atoms with Crippen LogP contribution in [0.1, 0.15) is 36.8 Å². The van der Waals surface area contributed by atoms with Crippen LogP contribution in [-0.4, -0.2) is 36.0 Å². The molecule has 0 amide bonds. The van der Waals surface area contributed by atoms with E-state index in [0.717, 1.165) is 0 Å². The van der Waals surface area contributed by atoms with Crippen LogP contribution < -0.4 is 0 Å². The standard InChI is InChI=1S/C21H15NO5/c1-26-20-18(24)14-11-13-9-6-10-22(13)16(15(14)19(25)21(20)27-2)17(23)12-7-4-3-5-8-12/h3-11H,1-2H3. The smallest absolute Gasteiger partial charge is 0.234 e. The molecular formula is C21H15NO5. The highest BCUT2D eigenvalue weighted by atomic mass is 16.5. The molecule has 0 saturated carbocycles. The number of pyridine rings is 1. The lowest BCUT2D eigenvalue weighted by molar-refractivity contribution is 0.0826. The molecule has 4 rings (SSSR count). The Labute approximate surface area is 154 Å². The average molecular weight is 361 g/mol. The van der Waals surface area contributed by atoms with Crippen LogP contribution in [0.3, 0.4) is 0 Å². The topological polar surface area (TPSA) is 74.1 Å². The minimum absolute atomic E-state index is 0.0233. The molecule has 134 valence electrons. The summed E-state index contributed by atoms with van der Waals surface area (Å²) in [6, 6.07) is 13.7. The quantitative estimate of drug-likeness (QED) is 0.668. The molecule has 1 aromatic carbocycles. The number of benzene rings is 1. The molecule has 6 nitrogen and oxygen atoms in total. The third-order valence-electron chi connectivity index (χ3n) is 4.57. The molecule has 1 aliphatic rings. The maximum absolute atomic E-state index is 13.3. The van der Waals surface area contributed by atoms with Gasteiger partial charge in [-0.2, -0.15) is 0 Å². The van der Waals surface area contributed by atoms with Gasteiger partial charge in [0.05, 0.1) is 19.8 Å². The summed E-state index contributed by atoms with van der Waals surface area (Å²) in [5, 5.41) is 0. The van der Waals surface area contributed by atoms with Crippen molar-refractivity contribution in [1.29, 1.82) is 0 Å². The van der Waals surface area contributed by atoms with Gasteiger partial charge in [-0.25, -0.2) is 0 Å². The van der Waals surface area contributed by atoms with E-state index in [0.29, 0.717) is 11.1 Å². The van der Waals surface area contributed by atoms with Gasteiger partial charge in [-0.3, -0.25) is 14.4 Å². The van der Waals surface area contributed by atoms with Gasteiger partial charge >= 0.3 is 0 Å². The summed E-state index contributed by atoms with van der Waals surface area (Å²) >= 11 is 0. The van der Waals surface area contributed by atoms with Gasteiger partial charge < -0.3 is 13.9 Å². The summed E-state index contributed by atoms with van der Waals surface area (Å²) in [5.41, 5.74) is 1.33. The molecule has 0 atom stereocenters. The Kier molecular flexibility index (Phi) is 3.88. The monoisotopic (exact) mass is 361 g/mol. The highest BCUT2D eigenvalue weighted by Crippen LogP contribution is 2.32. The molecule has 0 aliphatic heterocycles. The second-order valence-electron chi connectivity index (χ2n) is 6.00. The van der Waals surface area contributed by atoms with Crippen LogP contribution in [0.2, 0.25) is 0 Å². The minimum Gasteiger partial charge on any atom is -0.489 e. The highest BCUT2D eigenvalue weighted by Gasteiger charge is 2.39. The number of rotatable bonds is 4. The van der Waals surface area contributed by atoms with Crippen LogP contribution in [0.4, 0.5) is 0 Å². The molecule has 0 spiro atoms. The van der Waals surface area contributed by atoms with E-state index in [1.54, 1.807) is 59.1 Å². The van der Waals surface area contributed by atoms with E-state index < -0.39 is 11.6 Å². The average Bonchev–Trinajstić information content (AvgIpc) is 3.17. The molecule has 6 heteroatoms. The van der Waals surface area contributed by atoms with Crippen molar-refractivity contribution in [3.8, 4) is 0 Å². The van der Waals surface area contributed by atoms with Crippen molar-refractivity contribution in [2.75, 3.05) is 14.2 Å². The summed E-state index contributed by atoms with van der Waals surface area (Å²) < 4.78 is 11.9. The molecule has 2 heterocycles. The second-order valence-corrected chi connectivity index (χ2v) is 6.00. The molecule has 3 aromatic rings. The van der Waals surface area contributed by atoms with E-state index in [1.165, 1.54) is 14.2 Å². The third-order valence-corrected chi connectivity index (χ3v) is 4.57. The summed E-state index contributed by atoms with van der Waals surface area (Å²) in [7, 11) is 2.59. The number of hydrogen-bond acceptors (Lipinski definition) is 5. The van der Waals surface area contributed by atoms with Gasteiger partial charge in [-0.15, -0.1) is 0 Å². The summed E-state index contributed by atoms with van der Waals surface area (Å²) in [6.45, 7) is 0. The molecule has 27 heavy (non-hydrogen) atoms. The Morgan fingerprint density at radius 2 is 1.56 bits per heavy atom. The number of carbonyl (C=O) groups excluding carboxylic acids is 3. The van der Waals surface area contributed by atoms with Gasteiger partial charge in [0.25, 0.3) is 0 Å². The van der Waals surface area contributed by atoms with E-state index in [1.807, 2.05) is 0 Å². The Balaban J connectivity index is 2.07. The summed E-state index contributed by atoms with van der Waals surface area (Å²) in [5.74, 6) is -1.77. The molecule has 2 aromatic heterocycles. The number of carbonyl (C=O) groups is 3. The molecule has 0 fully saturated rings. The number of methoxy groups -OCH3 is 2. The number of hydrogen-bond donors (Lipinski definition) is 0. The van der Waals surface area contributed by atoms with Gasteiger partial charge in [-0.1, -0.05) is 30.3 Å². The van der Waals surface area contributed by atoms with Crippen LogP contribution in [0.25, 0.3) is 5.52 Å². The van der Waals surface area contributed by atoms with Crippen LogP contribution in [0.5, 0.6) is 0 Å². The Hall–Kier alpha value is -3.67. The fourth-order valence-electron chi connectivity index (χ4n) is 3.35. The lowest BCUT2D eigenvalue weighted by Crippen LogP contribution is -2.28. The van der Waals surface area contributed by atoms with Crippen molar-refractivity contribution in [2.45, 2.75) is 0 Å². The number of aromatic nitrogens is 1. The first-order valence-electron chi connectivity index (χ1n) is 8.24. The largest absolute Gasteiger partial charge is 0.489 e. The first-order valence-corrected chi connectivity index (χ1v) is 8.24. The molecule has 0 bridgehead atoms. The first kappa shape index (κ1) is 16.8. The van der Waals surface area contributed by atoms with Gasteiger partial charge in [0, 0.05) is 22.8 Å². The van der Waals surface area contributed by atoms with Gasteiger partial charge in [0.2, 0.25) is 28.9 Å². The maximum atomic E-state index is 13.3. The van der Waals surface area contributed by atoms with E-state index >= 15 is 0 Å². The summed E-state index contributed by atoms with van der Waals surface area (Å²) in [4.78, 5) is 39.3. The van der Waals surface area contributed by atoms with Gasteiger partial charge in [0.15, 0.2) is 0 Å². The van der Waals surface area contributed by atoms with Crippen LogP contribution in [-0.2, 0) is 9.47 Å². The number of Topliss-reactive ketones (excluding diaryl/α,β-unsaturated/α-hetero) is 2. The highest BCUT2D eigenvalue weighted by molar-refractivity contribution is 6.29. The van der Waals surface area contributed by atoms with E-state index in [9.17, 15) is 14.4 Å². The Morgan fingerprint density at radius 1 is 0.889 bits per heavy atom. The lowest BCUT2D eigenvalue weighted by Gasteiger charge is -2.22. The SMILES string of the molecule is COC1=C(OC)C(=O)c2c(cc3cccn3c2C(=O)c2ccccc2)C1=O. The molecule has 0 saturated heterocycles. The molecular weight excluding hydrogens is 346 g/mol. The zero-order valence-electron chi connectivity index (χ0n) is 14.7.